The zero-order valence-electron chi connectivity index (χ0n) is 8.49. The van der Waals surface area contributed by atoms with Crippen LogP contribution in [0.25, 0.3) is 0 Å². The van der Waals surface area contributed by atoms with E-state index < -0.39 is 18.1 Å². The molecule has 1 aromatic rings. The third-order valence-electron chi connectivity index (χ3n) is 2.47. The van der Waals surface area contributed by atoms with Gasteiger partial charge in [0.2, 0.25) is 5.91 Å². The van der Waals surface area contributed by atoms with Crippen LogP contribution in [-0.2, 0) is 14.3 Å². The number of carboxylic acids is 1. The second-order valence-electron chi connectivity index (χ2n) is 3.42. The second-order valence-corrected chi connectivity index (χ2v) is 4.34. The second kappa shape index (κ2) is 4.18. The monoisotopic (exact) mass is 242 g/mol. The van der Waals surface area contributed by atoms with Gasteiger partial charge >= 0.3 is 5.97 Å². The number of nitrogens with zero attached hydrogens (tertiary/aromatic N) is 2. The van der Waals surface area contributed by atoms with Gasteiger partial charge in [0.05, 0.1) is 10.4 Å². The molecule has 1 aliphatic rings. The van der Waals surface area contributed by atoms with Crippen molar-refractivity contribution in [1.82, 2.24) is 9.88 Å². The van der Waals surface area contributed by atoms with E-state index in [0.29, 0.717) is 4.88 Å². The van der Waals surface area contributed by atoms with E-state index in [2.05, 4.69) is 4.98 Å². The first-order chi connectivity index (χ1) is 7.61. The Bertz CT molecular complexity index is 406. The summed E-state index contributed by atoms with van der Waals surface area (Å²) < 4.78 is 5.05. The molecule has 2 atom stereocenters. The molecular weight excluding hydrogens is 232 g/mol. The summed E-state index contributed by atoms with van der Waals surface area (Å²) in [5.74, 6) is -1.30. The molecule has 86 valence electrons. The molecule has 1 saturated heterocycles. The number of likely N-dealkylation sites (N-methyl/N-ethyl adjacent to an activating group) is 1. The summed E-state index contributed by atoms with van der Waals surface area (Å²) in [4.78, 5) is 28.5. The quantitative estimate of drug-likeness (QED) is 0.797. The SMILES string of the molecule is CN1C(=O)COC(C(=O)O)C1c1cncs1. The Kier molecular flexibility index (Phi) is 2.88. The molecule has 1 amide bonds. The van der Waals surface area contributed by atoms with Gasteiger partial charge in [0.1, 0.15) is 12.6 Å². The average Bonchev–Trinajstić information content (AvgIpc) is 2.74. The zero-order chi connectivity index (χ0) is 11.7. The molecule has 0 saturated carbocycles. The number of hydrogen-bond donors (Lipinski definition) is 1. The number of ether oxygens (including phenoxy) is 1. The predicted molar refractivity (Wildman–Crippen MR) is 55.0 cm³/mol. The Morgan fingerprint density at radius 2 is 2.50 bits per heavy atom. The lowest BCUT2D eigenvalue weighted by atomic mass is 10.1. The van der Waals surface area contributed by atoms with Crippen molar-refractivity contribution in [3.63, 3.8) is 0 Å². The summed E-state index contributed by atoms with van der Waals surface area (Å²) in [7, 11) is 1.57. The Morgan fingerprint density at radius 3 is 3.06 bits per heavy atom. The number of morpholine rings is 1. The maximum atomic E-state index is 11.5. The topological polar surface area (TPSA) is 79.7 Å². The number of rotatable bonds is 2. The van der Waals surface area contributed by atoms with E-state index in [1.807, 2.05) is 0 Å². The third-order valence-corrected chi connectivity index (χ3v) is 3.32. The van der Waals surface area contributed by atoms with E-state index in [1.165, 1.54) is 16.2 Å². The fourth-order valence-electron chi connectivity index (χ4n) is 1.63. The highest BCUT2D eigenvalue weighted by atomic mass is 32.1. The number of carbonyl (C=O) groups is 2. The van der Waals surface area contributed by atoms with E-state index in [9.17, 15) is 9.59 Å². The summed E-state index contributed by atoms with van der Waals surface area (Å²) in [6.45, 7) is -0.192. The van der Waals surface area contributed by atoms with Crippen molar-refractivity contribution in [2.45, 2.75) is 12.1 Å². The number of thiazole rings is 1. The smallest absolute Gasteiger partial charge is 0.335 e. The van der Waals surface area contributed by atoms with Crippen molar-refractivity contribution < 1.29 is 19.4 Å². The molecule has 0 radical (unpaired) electrons. The normalized spacial score (nSPS) is 25.8. The van der Waals surface area contributed by atoms with Gasteiger partial charge < -0.3 is 14.7 Å². The number of aromatic nitrogens is 1. The lowest BCUT2D eigenvalue weighted by Crippen LogP contribution is -2.49. The number of carboxylic acid groups (broad SMARTS) is 1. The minimum atomic E-state index is -1.07. The first kappa shape index (κ1) is 11.0. The van der Waals surface area contributed by atoms with Gasteiger partial charge in [-0.05, 0) is 0 Å². The molecule has 6 nitrogen and oxygen atoms in total. The van der Waals surface area contributed by atoms with Crippen LogP contribution in [0, 0.1) is 0 Å². The van der Waals surface area contributed by atoms with Crippen LogP contribution in [0.15, 0.2) is 11.7 Å². The first-order valence-corrected chi connectivity index (χ1v) is 5.47. The summed E-state index contributed by atoms with van der Waals surface area (Å²) >= 11 is 1.31. The lowest BCUT2D eigenvalue weighted by molar-refractivity contribution is -0.171. The van der Waals surface area contributed by atoms with Crippen molar-refractivity contribution in [1.29, 1.82) is 0 Å². The highest BCUT2D eigenvalue weighted by Crippen LogP contribution is 2.31. The van der Waals surface area contributed by atoms with E-state index in [0.717, 1.165) is 0 Å². The highest BCUT2D eigenvalue weighted by Gasteiger charge is 2.40. The number of aliphatic carboxylic acids is 1. The molecule has 1 N–H and O–H groups in total. The fourth-order valence-corrected chi connectivity index (χ4v) is 2.42. The molecule has 0 bridgehead atoms. The van der Waals surface area contributed by atoms with Crippen LogP contribution in [0.2, 0.25) is 0 Å². The summed E-state index contributed by atoms with van der Waals surface area (Å²) in [5, 5.41) is 9.03. The van der Waals surface area contributed by atoms with E-state index in [4.69, 9.17) is 9.84 Å². The number of hydrogen-bond acceptors (Lipinski definition) is 5. The van der Waals surface area contributed by atoms with Crippen LogP contribution in [-0.4, -0.2) is 46.6 Å². The Morgan fingerprint density at radius 1 is 1.75 bits per heavy atom. The standard InChI is InChI=1S/C9H10N2O4S/c1-11-6(12)3-15-8(9(13)14)7(11)5-2-10-4-16-5/h2,4,7-8H,3H2,1H3,(H,13,14). The van der Waals surface area contributed by atoms with E-state index >= 15 is 0 Å². The minimum Gasteiger partial charge on any atom is -0.479 e. The van der Waals surface area contributed by atoms with Crippen molar-refractivity contribution in [3.05, 3.63) is 16.6 Å². The van der Waals surface area contributed by atoms with Crippen LogP contribution in [0.3, 0.4) is 0 Å². The Labute approximate surface area is 95.5 Å². The molecule has 1 fully saturated rings. The molecule has 1 aromatic heterocycles. The molecule has 2 heterocycles. The Hall–Kier alpha value is -1.47. The van der Waals surface area contributed by atoms with Crippen LogP contribution >= 0.6 is 11.3 Å². The third kappa shape index (κ3) is 1.79. The zero-order valence-corrected chi connectivity index (χ0v) is 9.31. The number of amides is 1. The van der Waals surface area contributed by atoms with Gasteiger partial charge in [-0.3, -0.25) is 9.78 Å². The molecule has 0 aromatic carbocycles. The van der Waals surface area contributed by atoms with Crippen molar-refractivity contribution in [3.8, 4) is 0 Å². The lowest BCUT2D eigenvalue weighted by Gasteiger charge is -2.35. The molecule has 2 unspecified atom stereocenters. The summed E-state index contributed by atoms with van der Waals surface area (Å²) in [6, 6.07) is -0.591. The minimum absolute atomic E-state index is 0.192. The van der Waals surface area contributed by atoms with Crippen LogP contribution in [0.4, 0.5) is 0 Å². The first-order valence-electron chi connectivity index (χ1n) is 4.59. The van der Waals surface area contributed by atoms with Crippen LogP contribution in [0.5, 0.6) is 0 Å². The van der Waals surface area contributed by atoms with E-state index in [-0.39, 0.29) is 12.5 Å². The van der Waals surface area contributed by atoms with Crippen LogP contribution < -0.4 is 0 Å². The molecule has 0 spiro atoms. The van der Waals surface area contributed by atoms with E-state index in [1.54, 1.807) is 18.8 Å². The maximum Gasteiger partial charge on any atom is 0.335 e. The van der Waals surface area contributed by atoms with Gasteiger partial charge in [0.25, 0.3) is 0 Å². The van der Waals surface area contributed by atoms with Gasteiger partial charge in [-0.2, -0.15) is 0 Å². The Balaban J connectivity index is 2.34. The van der Waals surface area contributed by atoms with Gasteiger partial charge in [-0.1, -0.05) is 0 Å². The summed E-state index contributed by atoms with van der Waals surface area (Å²) in [6.07, 6.45) is 0.534. The fraction of sp³-hybridized carbons (Fsp3) is 0.444. The molecule has 1 aliphatic heterocycles. The van der Waals surface area contributed by atoms with Crippen molar-refractivity contribution in [2.75, 3.05) is 13.7 Å². The summed E-state index contributed by atoms with van der Waals surface area (Å²) in [5.41, 5.74) is 1.60. The highest BCUT2D eigenvalue weighted by molar-refractivity contribution is 7.09. The molecule has 2 rings (SSSR count). The van der Waals surface area contributed by atoms with Gasteiger partial charge in [-0.15, -0.1) is 11.3 Å². The van der Waals surface area contributed by atoms with Gasteiger partial charge in [-0.25, -0.2) is 4.79 Å². The maximum absolute atomic E-state index is 11.5. The average molecular weight is 242 g/mol. The van der Waals surface area contributed by atoms with Gasteiger partial charge in [0, 0.05) is 13.2 Å². The van der Waals surface area contributed by atoms with Gasteiger partial charge in [0.15, 0.2) is 6.10 Å². The predicted octanol–water partition coefficient (Wildman–Crippen LogP) is 0.126. The van der Waals surface area contributed by atoms with Crippen molar-refractivity contribution >= 4 is 23.2 Å². The molecule has 16 heavy (non-hydrogen) atoms. The van der Waals surface area contributed by atoms with Crippen molar-refractivity contribution in [2.24, 2.45) is 0 Å². The number of carbonyl (C=O) groups excluding carboxylic acids is 1. The van der Waals surface area contributed by atoms with Crippen LogP contribution in [0.1, 0.15) is 10.9 Å². The largest absolute Gasteiger partial charge is 0.479 e. The molecule has 7 heteroatoms. The molecular formula is C9H10N2O4S. The molecule has 0 aliphatic carbocycles.